The van der Waals surface area contributed by atoms with E-state index in [-0.39, 0.29) is 18.1 Å². The molecule has 3 N–H and O–H groups in total. The molecule has 0 bridgehead atoms. The average Bonchev–Trinajstić information content (AvgIpc) is 2.38. The second-order valence-electron chi connectivity index (χ2n) is 4.36. The van der Waals surface area contributed by atoms with Gasteiger partial charge in [0, 0.05) is 6.54 Å². The van der Waals surface area contributed by atoms with Gasteiger partial charge in [-0.2, -0.15) is 0 Å². The van der Waals surface area contributed by atoms with E-state index in [0.29, 0.717) is 13.2 Å². The van der Waals surface area contributed by atoms with Crippen molar-refractivity contribution in [2.45, 2.75) is 31.6 Å². The summed E-state index contributed by atoms with van der Waals surface area (Å²) in [4.78, 5) is 11.0. The van der Waals surface area contributed by atoms with Gasteiger partial charge in [0.25, 0.3) is 0 Å². The molecular formula is C13H18N2O2. The van der Waals surface area contributed by atoms with E-state index in [1.165, 1.54) is 5.56 Å². The molecule has 92 valence electrons. The van der Waals surface area contributed by atoms with Crippen molar-refractivity contribution >= 4 is 5.91 Å². The summed E-state index contributed by atoms with van der Waals surface area (Å²) in [5.74, 6) is -0.272. The Kier molecular flexibility index (Phi) is 4.12. The number of benzene rings is 1. The molecule has 1 aromatic rings. The molecule has 4 nitrogen and oxygen atoms in total. The van der Waals surface area contributed by atoms with Crippen molar-refractivity contribution in [1.82, 2.24) is 5.32 Å². The van der Waals surface area contributed by atoms with Gasteiger partial charge in [-0.3, -0.25) is 4.79 Å². The molecule has 4 heteroatoms. The van der Waals surface area contributed by atoms with Gasteiger partial charge in [-0.1, -0.05) is 30.3 Å². The van der Waals surface area contributed by atoms with Crippen molar-refractivity contribution in [1.29, 1.82) is 0 Å². The van der Waals surface area contributed by atoms with Crippen LogP contribution >= 0.6 is 0 Å². The molecule has 0 aromatic heterocycles. The van der Waals surface area contributed by atoms with Gasteiger partial charge in [-0.05, 0) is 18.4 Å². The maximum Gasteiger partial charge on any atom is 0.234 e. The maximum atomic E-state index is 11.0. The summed E-state index contributed by atoms with van der Waals surface area (Å²) in [7, 11) is 0. The molecule has 0 spiro atoms. The Bertz CT molecular complexity index is 359. The topological polar surface area (TPSA) is 64.4 Å². The fraction of sp³-hybridized carbons (Fsp3) is 0.462. The van der Waals surface area contributed by atoms with Gasteiger partial charge >= 0.3 is 0 Å². The van der Waals surface area contributed by atoms with Crippen LogP contribution in [0.25, 0.3) is 0 Å². The molecule has 0 saturated carbocycles. The highest BCUT2D eigenvalue weighted by molar-refractivity contribution is 5.79. The summed E-state index contributed by atoms with van der Waals surface area (Å²) in [6.45, 7) is 1.31. The number of hydrogen-bond donors (Lipinski definition) is 2. The molecule has 1 saturated heterocycles. The number of piperidine rings is 1. The molecule has 0 aliphatic carbocycles. The van der Waals surface area contributed by atoms with Crippen LogP contribution in [-0.2, 0) is 16.1 Å². The van der Waals surface area contributed by atoms with Crippen LogP contribution in [0.15, 0.2) is 30.3 Å². The predicted molar refractivity (Wildman–Crippen MR) is 65.2 cm³/mol. The van der Waals surface area contributed by atoms with Crippen LogP contribution in [0.3, 0.4) is 0 Å². The summed E-state index contributed by atoms with van der Waals surface area (Å²) in [5, 5.41) is 3.11. The smallest absolute Gasteiger partial charge is 0.234 e. The largest absolute Gasteiger partial charge is 0.372 e. The van der Waals surface area contributed by atoms with E-state index in [4.69, 9.17) is 10.5 Å². The third kappa shape index (κ3) is 3.54. The Morgan fingerprint density at radius 1 is 1.35 bits per heavy atom. The highest BCUT2D eigenvalue weighted by atomic mass is 16.5. The second kappa shape index (κ2) is 5.80. The fourth-order valence-electron chi connectivity index (χ4n) is 2.00. The van der Waals surface area contributed by atoms with Crippen LogP contribution in [-0.4, -0.2) is 24.6 Å². The lowest BCUT2D eigenvalue weighted by atomic mass is 10.0. The van der Waals surface area contributed by atoms with Gasteiger partial charge in [-0.15, -0.1) is 0 Å². The summed E-state index contributed by atoms with van der Waals surface area (Å²) in [6, 6.07) is 9.89. The molecule has 0 radical (unpaired) electrons. The zero-order chi connectivity index (χ0) is 12.1. The molecule has 2 rings (SSSR count). The normalized spacial score (nSPS) is 24.5. The van der Waals surface area contributed by atoms with Crippen molar-refractivity contribution in [2.75, 3.05) is 6.54 Å². The zero-order valence-electron chi connectivity index (χ0n) is 9.76. The molecule has 1 aromatic carbocycles. The van der Waals surface area contributed by atoms with Gasteiger partial charge in [-0.25, -0.2) is 0 Å². The molecule has 1 fully saturated rings. The lowest BCUT2D eigenvalue weighted by Gasteiger charge is -2.28. The van der Waals surface area contributed by atoms with Crippen LogP contribution in [0, 0.1) is 0 Å². The van der Waals surface area contributed by atoms with E-state index in [9.17, 15) is 4.79 Å². The van der Waals surface area contributed by atoms with Gasteiger partial charge in [0.2, 0.25) is 5.91 Å². The lowest BCUT2D eigenvalue weighted by molar-refractivity contribution is -0.121. The minimum absolute atomic E-state index is 0.172. The summed E-state index contributed by atoms with van der Waals surface area (Å²) in [6.07, 6.45) is 1.81. The monoisotopic (exact) mass is 234 g/mol. The second-order valence-corrected chi connectivity index (χ2v) is 4.36. The Hall–Kier alpha value is -1.39. The quantitative estimate of drug-likeness (QED) is 0.810. The number of primary amides is 1. The first-order valence-electron chi connectivity index (χ1n) is 5.94. The van der Waals surface area contributed by atoms with Gasteiger partial charge in [0.15, 0.2) is 0 Å². The number of ether oxygens (including phenoxy) is 1. The van der Waals surface area contributed by atoms with Gasteiger partial charge in [0.05, 0.1) is 18.8 Å². The third-order valence-electron chi connectivity index (χ3n) is 3.04. The lowest BCUT2D eigenvalue weighted by Crippen LogP contribution is -2.49. The number of hydrogen-bond acceptors (Lipinski definition) is 3. The summed E-state index contributed by atoms with van der Waals surface area (Å²) < 4.78 is 5.78. The van der Waals surface area contributed by atoms with Gasteiger partial charge in [0.1, 0.15) is 0 Å². The average molecular weight is 234 g/mol. The molecule has 2 atom stereocenters. The van der Waals surface area contributed by atoms with E-state index in [1.54, 1.807) is 0 Å². The zero-order valence-corrected chi connectivity index (χ0v) is 9.76. The molecule has 1 heterocycles. The number of rotatable bonds is 4. The van der Waals surface area contributed by atoms with Crippen LogP contribution in [0.5, 0.6) is 0 Å². The number of amides is 1. The third-order valence-corrected chi connectivity index (χ3v) is 3.04. The Morgan fingerprint density at radius 2 is 2.12 bits per heavy atom. The molecule has 17 heavy (non-hydrogen) atoms. The van der Waals surface area contributed by atoms with E-state index < -0.39 is 0 Å². The highest BCUT2D eigenvalue weighted by Gasteiger charge is 2.24. The Morgan fingerprint density at radius 3 is 2.71 bits per heavy atom. The number of nitrogens with two attached hydrogens (primary N) is 1. The van der Waals surface area contributed by atoms with Crippen LogP contribution < -0.4 is 11.1 Å². The predicted octanol–water partition coefficient (Wildman–Crippen LogP) is 0.809. The molecule has 1 aliphatic heterocycles. The minimum Gasteiger partial charge on any atom is -0.372 e. The van der Waals surface area contributed by atoms with E-state index in [0.717, 1.165) is 12.8 Å². The van der Waals surface area contributed by atoms with Crippen molar-refractivity contribution in [2.24, 2.45) is 5.73 Å². The minimum atomic E-state index is -0.272. The molecular weight excluding hydrogens is 216 g/mol. The van der Waals surface area contributed by atoms with Crippen molar-refractivity contribution in [3.63, 3.8) is 0 Å². The Labute approximate surface area is 101 Å². The standard InChI is InChI=1S/C13H18N2O2/c14-13(16)12-7-6-11(8-15-12)17-9-10-4-2-1-3-5-10/h1-5,11-12,15H,6-9H2,(H2,14,16)/t11-,12+/m1/s1. The number of carbonyl (C=O) groups excluding carboxylic acids is 1. The van der Waals surface area contributed by atoms with Crippen molar-refractivity contribution in [3.8, 4) is 0 Å². The van der Waals surface area contributed by atoms with Gasteiger partial charge < -0.3 is 15.8 Å². The first-order valence-corrected chi connectivity index (χ1v) is 5.94. The fourth-order valence-corrected chi connectivity index (χ4v) is 2.00. The molecule has 1 aliphatic rings. The highest BCUT2D eigenvalue weighted by Crippen LogP contribution is 2.13. The number of nitrogens with one attached hydrogen (secondary N) is 1. The SMILES string of the molecule is NC(=O)[C@@H]1CC[C@@H](OCc2ccccc2)CN1. The van der Waals surface area contributed by atoms with E-state index in [2.05, 4.69) is 5.32 Å². The van der Waals surface area contributed by atoms with Crippen LogP contribution in [0.2, 0.25) is 0 Å². The first kappa shape index (κ1) is 12.1. The van der Waals surface area contributed by atoms with Crippen molar-refractivity contribution < 1.29 is 9.53 Å². The van der Waals surface area contributed by atoms with Crippen LogP contribution in [0.1, 0.15) is 18.4 Å². The van der Waals surface area contributed by atoms with E-state index in [1.807, 2.05) is 30.3 Å². The number of carbonyl (C=O) groups is 1. The summed E-state index contributed by atoms with van der Waals surface area (Å²) >= 11 is 0. The Balaban J connectivity index is 1.74. The van der Waals surface area contributed by atoms with Crippen molar-refractivity contribution in [3.05, 3.63) is 35.9 Å². The maximum absolute atomic E-state index is 11.0. The van der Waals surface area contributed by atoms with Crippen LogP contribution in [0.4, 0.5) is 0 Å². The first-order chi connectivity index (χ1) is 8.25. The molecule has 1 amide bonds. The summed E-state index contributed by atoms with van der Waals surface area (Å²) in [5.41, 5.74) is 6.41. The molecule has 0 unspecified atom stereocenters. The van der Waals surface area contributed by atoms with E-state index >= 15 is 0 Å².